The van der Waals surface area contributed by atoms with E-state index in [4.69, 9.17) is 0 Å². The normalized spacial score (nSPS) is 14.8. The second-order valence-corrected chi connectivity index (χ2v) is 5.66. The van der Waals surface area contributed by atoms with Crippen molar-refractivity contribution in [1.29, 1.82) is 0 Å². The van der Waals surface area contributed by atoms with Crippen LogP contribution in [0.2, 0.25) is 0 Å². The standard InChI is InChI=1S/C18H20N2O2/c21-17(19-11-5-2-6-12-19)14-20-13-7-10-16(20)18(22)15-8-3-1-4-9-15/h1,3-4,7-10,13H,2,5-6,11-12,14H2. The van der Waals surface area contributed by atoms with E-state index in [0.717, 1.165) is 25.9 Å². The minimum absolute atomic E-state index is 0.0444. The molecular formula is C18H20N2O2. The molecular weight excluding hydrogens is 276 g/mol. The highest BCUT2D eigenvalue weighted by molar-refractivity contribution is 6.08. The first-order chi connectivity index (χ1) is 10.8. The number of amides is 1. The zero-order chi connectivity index (χ0) is 15.4. The molecule has 114 valence electrons. The highest BCUT2D eigenvalue weighted by atomic mass is 16.2. The van der Waals surface area contributed by atoms with Crippen molar-refractivity contribution in [3.05, 3.63) is 59.9 Å². The summed E-state index contributed by atoms with van der Waals surface area (Å²) in [6, 6.07) is 12.8. The lowest BCUT2D eigenvalue weighted by molar-refractivity contribution is -0.132. The van der Waals surface area contributed by atoms with Crippen molar-refractivity contribution in [3.8, 4) is 0 Å². The van der Waals surface area contributed by atoms with Crippen molar-refractivity contribution in [2.75, 3.05) is 13.1 Å². The summed E-state index contributed by atoms with van der Waals surface area (Å²) >= 11 is 0. The Balaban J connectivity index is 1.74. The van der Waals surface area contributed by atoms with Crippen LogP contribution in [0.25, 0.3) is 0 Å². The Morgan fingerprint density at radius 1 is 0.909 bits per heavy atom. The van der Waals surface area contributed by atoms with Crippen molar-refractivity contribution in [3.63, 3.8) is 0 Å². The maximum absolute atomic E-state index is 12.5. The number of benzene rings is 1. The van der Waals surface area contributed by atoms with Gasteiger partial charge in [-0.05, 0) is 31.4 Å². The van der Waals surface area contributed by atoms with Gasteiger partial charge in [0.25, 0.3) is 0 Å². The largest absolute Gasteiger partial charge is 0.341 e. The zero-order valence-corrected chi connectivity index (χ0v) is 12.6. The van der Waals surface area contributed by atoms with Crippen LogP contribution in [0.1, 0.15) is 35.3 Å². The van der Waals surface area contributed by atoms with Gasteiger partial charge in [0, 0.05) is 24.8 Å². The van der Waals surface area contributed by atoms with Crippen LogP contribution >= 0.6 is 0 Å². The Morgan fingerprint density at radius 3 is 2.36 bits per heavy atom. The number of piperidine rings is 1. The number of likely N-dealkylation sites (tertiary alicyclic amines) is 1. The smallest absolute Gasteiger partial charge is 0.242 e. The van der Waals surface area contributed by atoms with Gasteiger partial charge in [-0.3, -0.25) is 9.59 Å². The third kappa shape index (κ3) is 3.11. The van der Waals surface area contributed by atoms with Gasteiger partial charge in [-0.25, -0.2) is 0 Å². The van der Waals surface area contributed by atoms with Gasteiger partial charge in [-0.15, -0.1) is 0 Å². The van der Waals surface area contributed by atoms with Crippen LogP contribution in [-0.4, -0.2) is 34.2 Å². The van der Waals surface area contributed by atoms with Gasteiger partial charge in [-0.1, -0.05) is 30.3 Å². The minimum atomic E-state index is -0.0444. The number of nitrogens with zero attached hydrogens (tertiary/aromatic N) is 2. The van der Waals surface area contributed by atoms with Crippen LogP contribution in [-0.2, 0) is 11.3 Å². The van der Waals surface area contributed by atoms with Crippen LogP contribution in [0, 0.1) is 0 Å². The molecule has 0 bridgehead atoms. The van der Waals surface area contributed by atoms with Gasteiger partial charge in [-0.2, -0.15) is 0 Å². The molecule has 4 heteroatoms. The molecule has 22 heavy (non-hydrogen) atoms. The molecule has 2 heterocycles. The number of rotatable bonds is 4. The first kappa shape index (κ1) is 14.6. The molecule has 0 spiro atoms. The van der Waals surface area contributed by atoms with Gasteiger partial charge in [0.2, 0.25) is 11.7 Å². The molecule has 1 aliphatic rings. The molecule has 1 aromatic heterocycles. The van der Waals surface area contributed by atoms with E-state index in [2.05, 4.69) is 0 Å². The molecule has 0 saturated carbocycles. The predicted molar refractivity (Wildman–Crippen MR) is 84.7 cm³/mol. The molecule has 3 rings (SSSR count). The highest BCUT2D eigenvalue weighted by Crippen LogP contribution is 2.13. The summed E-state index contributed by atoms with van der Waals surface area (Å²) in [5.74, 6) is 0.0510. The van der Waals surface area contributed by atoms with Crippen LogP contribution in [0.15, 0.2) is 48.7 Å². The van der Waals surface area contributed by atoms with Crippen molar-refractivity contribution < 1.29 is 9.59 Å². The monoisotopic (exact) mass is 296 g/mol. The Hall–Kier alpha value is -2.36. The second kappa shape index (κ2) is 6.60. The zero-order valence-electron chi connectivity index (χ0n) is 12.6. The third-order valence-corrected chi connectivity index (χ3v) is 4.11. The molecule has 1 aliphatic heterocycles. The summed E-state index contributed by atoms with van der Waals surface area (Å²) < 4.78 is 1.76. The maximum atomic E-state index is 12.5. The highest BCUT2D eigenvalue weighted by Gasteiger charge is 2.19. The number of carbonyl (C=O) groups excluding carboxylic acids is 2. The minimum Gasteiger partial charge on any atom is -0.341 e. The van der Waals surface area contributed by atoms with Gasteiger partial charge in [0.15, 0.2) is 0 Å². The Bertz CT molecular complexity index is 655. The van der Waals surface area contributed by atoms with E-state index < -0.39 is 0 Å². The van der Waals surface area contributed by atoms with Gasteiger partial charge in [0.1, 0.15) is 6.54 Å². The van der Waals surface area contributed by atoms with Crippen molar-refractivity contribution >= 4 is 11.7 Å². The van der Waals surface area contributed by atoms with Gasteiger partial charge in [0.05, 0.1) is 5.69 Å². The summed E-state index contributed by atoms with van der Waals surface area (Å²) in [6.07, 6.45) is 5.16. The molecule has 0 atom stereocenters. The predicted octanol–water partition coefficient (Wildman–Crippen LogP) is 2.73. The number of hydrogen-bond donors (Lipinski definition) is 0. The lowest BCUT2D eigenvalue weighted by atomic mass is 10.1. The lowest BCUT2D eigenvalue weighted by Crippen LogP contribution is -2.38. The fraction of sp³-hybridized carbons (Fsp3) is 0.333. The number of carbonyl (C=O) groups is 2. The quantitative estimate of drug-likeness (QED) is 0.814. The van der Waals surface area contributed by atoms with E-state index in [1.165, 1.54) is 6.42 Å². The third-order valence-electron chi connectivity index (χ3n) is 4.11. The molecule has 0 unspecified atom stereocenters. The average Bonchev–Trinajstić information content (AvgIpc) is 3.04. The molecule has 1 amide bonds. The summed E-state index contributed by atoms with van der Waals surface area (Å²) in [6.45, 7) is 1.91. The number of aromatic nitrogens is 1. The van der Waals surface area contributed by atoms with Crippen LogP contribution < -0.4 is 0 Å². The molecule has 1 aromatic carbocycles. The molecule has 0 N–H and O–H groups in total. The Morgan fingerprint density at radius 2 is 1.64 bits per heavy atom. The summed E-state index contributed by atoms with van der Waals surface area (Å²) in [7, 11) is 0. The van der Waals surface area contributed by atoms with E-state index in [1.807, 2.05) is 29.2 Å². The number of hydrogen-bond acceptors (Lipinski definition) is 2. The molecule has 4 nitrogen and oxygen atoms in total. The molecule has 1 fully saturated rings. The lowest BCUT2D eigenvalue weighted by Gasteiger charge is -2.27. The van der Waals surface area contributed by atoms with E-state index in [0.29, 0.717) is 11.3 Å². The molecule has 0 radical (unpaired) electrons. The van der Waals surface area contributed by atoms with E-state index in [1.54, 1.807) is 29.0 Å². The average molecular weight is 296 g/mol. The summed E-state index contributed by atoms with van der Waals surface area (Å²) in [5, 5.41) is 0. The van der Waals surface area contributed by atoms with Crippen LogP contribution in [0.4, 0.5) is 0 Å². The van der Waals surface area contributed by atoms with Crippen LogP contribution in [0.3, 0.4) is 0 Å². The maximum Gasteiger partial charge on any atom is 0.242 e. The fourth-order valence-corrected chi connectivity index (χ4v) is 2.88. The molecule has 2 aromatic rings. The second-order valence-electron chi connectivity index (χ2n) is 5.66. The van der Waals surface area contributed by atoms with Crippen molar-refractivity contribution in [2.24, 2.45) is 0 Å². The van der Waals surface area contributed by atoms with Crippen LogP contribution in [0.5, 0.6) is 0 Å². The van der Waals surface area contributed by atoms with E-state index in [9.17, 15) is 9.59 Å². The fourth-order valence-electron chi connectivity index (χ4n) is 2.88. The van der Waals surface area contributed by atoms with Crippen molar-refractivity contribution in [1.82, 2.24) is 9.47 Å². The first-order valence-electron chi connectivity index (χ1n) is 7.78. The van der Waals surface area contributed by atoms with E-state index >= 15 is 0 Å². The first-order valence-corrected chi connectivity index (χ1v) is 7.78. The van der Waals surface area contributed by atoms with Gasteiger partial charge < -0.3 is 9.47 Å². The SMILES string of the molecule is O=C(c1ccccc1)c1cccn1CC(=O)N1CCCCC1. The van der Waals surface area contributed by atoms with Crippen molar-refractivity contribution in [2.45, 2.75) is 25.8 Å². The Kier molecular flexibility index (Phi) is 4.37. The topological polar surface area (TPSA) is 42.3 Å². The number of ketones is 1. The summed E-state index contributed by atoms with van der Waals surface area (Å²) in [4.78, 5) is 26.8. The molecule has 0 aliphatic carbocycles. The van der Waals surface area contributed by atoms with E-state index in [-0.39, 0.29) is 18.2 Å². The molecule has 1 saturated heterocycles. The van der Waals surface area contributed by atoms with Gasteiger partial charge >= 0.3 is 0 Å². The summed E-state index contributed by atoms with van der Waals surface area (Å²) in [5.41, 5.74) is 1.21. The Labute approximate surface area is 130 Å².